The van der Waals surface area contributed by atoms with Crippen LogP contribution in [0.3, 0.4) is 0 Å². The molecule has 0 unspecified atom stereocenters. The Bertz CT molecular complexity index is 804. The summed E-state index contributed by atoms with van der Waals surface area (Å²) >= 11 is 14.5. The van der Waals surface area contributed by atoms with Gasteiger partial charge in [-0.3, -0.25) is 9.69 Å². The van der Waals surface area contributed by atoms with Gasteiger partial charge in [0.2, 0.25) is 5.91 Å². The Morgan fingerprint density at radius 2 is 1.92 bits per heavy atom. The van der Waals surface area contributed by atoms with Crippen molar-refractivity contribution in [3.05, 3.63) is 61.1 Å². The van der Waals surface area contributed by atoms with E-state index in [9.17, 15) is 4.79 Å². The summed E-state index contributed by atoms with van der Waals surface area (Å²) in [6, 6.07) is 11.7. The lowest BCUT2D eigenvalue weighted by Gasteiger charge is -2.31. The van der Waals surface area contributed by atoms with E-state index < -0.39 is 0 Å². The molecule has 1 heterocycles. The maximum Gasteiger partial charge on any atom is 0.227 e. The first-order chi connectivity index (χ1) is 12.4. The van der Waals surface area contributed by atoms with Gasteiger partial charge >= 0.3 is 0 Å². The van der Waals surface area contributed by atoms with Gasteiger partial charge < -0.3 is 5.32 Å². The first kappa shape index (κ1) is 19.9. The van der Waals surface area contributed by atoms with E-state index in [1.807, 2.05) is 31.2 Å². The topological polar surface area (TPSA) is 32.3 Å². The average Bonchev–Trinajstić information content (AvgIpc) is 2.60. The van der Waals surface area contributed by atoms with Crippen molar-refractivity contribution in [2.24, 2.45) is 5.92 Å². The van der Waals surface area contributed by atoms with Crippen LogP contribution >= 0.6 is 45.8 Å². The van der Waals surface area contributed by atoms with E-state index in [-0.39, 0.29) is 11.8 Å². The Morgan fingerprint density at radius 3 is 2.58 bits per heavy atom. The molecule has 3 nitrogen and oxygen atoms in total. The molecule has 138 valence electrons. The van der Waals surface area contributed by atoms with Crippen molar-refractivity contribution in [1.82, 2.24) is 4.90 Å². The number of benzene rings is 2. The van der Waals surface area contributed by atoms with Gasteiger partial charge in [-0.05, 0) is 96.9 Å². The Kier molecular flexibility index (Phi) is 6.83. The van der Waals surface area contributed by atoms with Crippen LogP contribution in [0.1, 0.15) is 24.0 Å². The highest BCUT2D eigenvalue weighted by Crippen LogP contribution is 2.26. The van der Waals surface area contributed by atoms with Crippen LogP contribution in [0.15, 0.2) is 36.4 Å². The van der Waals surface area contributed by atoms with Gasteiger partial charge in [-0.1, -0.05) is 29.3 Å². The second-order valence-corrected chi connectivity index (χ2v) is 8.82. The highest BCUT2D eigenvalue weighted by molar-refractivity contribution is 14.1. The minimum absolute atomic E-state index is 0.0608. The van der Waals surface area contributed by atoms with Gasteiger partial charge in [0.1, 0.15) is 0 Å². The molecule has 1 N–H and O–H groups in total. The van der Waals surface area contributed by atoms with Crippen LogP contribution in [-0.2, 0) is 11.3 Å². The SMILES string of the molecule is Cc1cc(I)ccc1NC(=O)C1CCN(Cc2ccc(Cl)cc2Cl)CC1. The molecule has 0 saturated carbocycles. The van der Waals surface area contributed by atoms with Crippen LogP contribution in [0, 0.1) is 16.4 Å². The number of amides is 1. The zero-order chi connectivity index (χ0) is 18.7. The molecular formula is C20H21Cl2IN2O. The number of anilines is 1. The van der Waals surface area contributed by atoms with Gasteiger partial charge in [0.15, 0.2) is 0 Å². The number of aryl methyl sites for hydroxylation is 1. The number of hydrogen-bond donors (Lipinski definition) is 1. The third kappa shape index (κ3) is 5.12. The predicted octanol–water partition coefficient (Wildman–Crippen LogP) is 5.76. The van der Waals surface area contributed by atoms with Gasteiger partial charge in [-0.2, -0.15) is 0 Å². The van der Waals surface area contributed by atoms with E-state index in [0.717, 1.165) is 49.3 Å². The Labute approximate surface area is 178 Å². The molecule has 0 aliphatic carbocycles. The highest BCUT2D eigenvalue weighted by atomic mass is 127. The maximum absolute atomic E-state index is 12.6. The summed E-state index contributed by atoms with van der Waals surface area (Å²) in [6.07, 6.45) is 1.72. The predicted molar refractivity (Wildman–Crippen MR) is 117 cm³/mol. The van der Waals surface area contributed by atoms with Gasteiger partial charge in [-0.25, -0.2) is 0 Å². The van der Waals surface area contributed by atoms with Gasteiger partial charge in [0.05, 0.1) is 0 Å². The van der Waals surface area contributed by atoms with E-state index >= 15 is 0 Å². The molecule has 0 spiro atoms. The van der Waals surface area contributed by atoms with Crippen LogP contribution in [-0.4, -0.2) is 23.9 Å². The van der Waals surface area contributed by atoms with Crippen LogP contribution in [0.4, 0.5) is 5.69 Å². The summed E-state index contributed by atoms with van der Waals surface area (Å²) in [6.45, 7) is 4.60. The largest absolute Gasteiger partial charge is 0.326 e. The van der Waals surface area contributed by atoms with Crippen molar-refractivity contribution in [2.75, 3.05) is 18.4 Å². The molecule has 1 saturated heterocycles. The molecule has 2 aromatic rings. The maximum atomic E-state index is 12.6. The number of halogens is 3. The van der Waals surface area contributed by atoms with Gasteiger partial charge in [0, 0.05) is 31.8 Å². The summed E-state index contributed by atoms with van der Waals surface area (Å²) in [4.78, 5) is 14.9. The van der Waals surface area contributed by atoms with Gasteiger partial charge in [0.25, 0.3) is 0 Å². The Hall–Kier alpha value is -0.820. The second-order valence-electron chi connectivity index (χ2n) is 6.73. The standard InChI is InChI=1S/C20H21Cl2IN2O/c1-13-10-17(23)4-5-19(13)24-20(26)14-6-8-25(9-7-14)12-15-2-3-16(21)11-18(15)22/h2-5,10-11,14H,6-9,12H2,1H3,(H,24,26). The number of carbonyl (C=O) groups is 1. The number of nitrogens with one attached hydrogen (secondary N) is 1. The fourth-order valence-corrected chi connectivity index (χ4v) is 4.36. The van der Waals surface area contributed by atoms with Crippen molar-refractivity contribution in [1.29, 1.82) is 0 Å². The molecule has 26 heavy (non-hydrogen) atoms. The lowest BCUT2D eigenvalue weighted by Crippen LogP contribution is -2.37. The normalized spacial score (nSPS) is 15.8. The fraction of sp³-hybridized carbons (Fsp3) is 0.350. The molecule has 0 atom stereocenters. The molecule has 1 aliphatic heterocycles. The fourth-order valence-electron chi connectivity index (χ4n) is 3.25. The van der Waals surface area contributed by atoms with E-state index in [4.69, 9.17) is 23.2 Å². The molecule has 3 rings (SSSR count). The van der Waals surface area contributed by atoms with Gasteiger partial charge in [-0.15, -0.1) is 0 Å². The monoisotopic (exact) mass is 502 g/mol. The number of piperidine rings is 1. The third-order valence-electron chi connectivity index (χ3n) is 4.81. The summed E-state index contributed by atoms with van der Waals surface area (Å²) < 4.78 is 1.17. The minimum Gasteiger partial charge on any atom is -0.326 e. The molecule has 1 fully saturated rings. The van der Waals surface area contributed by atoms with Crippen molar-refractivity contribution < 1.29 is 4.79 Å². The van der Waals surface area contributed by atoms with E-state index in [1.165, 1.54) is 3.57 Å². The minimum atomic E-state index is 0.0608. The van der Waals surface area contributed by atoms with E-state index in [0.29, 0.717) is 10.0 Å². The quantitative estimate of drug-likeness (QED) is 0.539. The van der Waals surface area contributed by atoms with E-state index in [2.05, 4.69) is 38.9 Å². The van der Waals surface area contributed by atoms with Crippen molar-refractivity contribution in [3.8, 4) is 0 Å². The van der Waals surface area contributed by atoms with Crippen molar-refractivity contribution in [2.45, 2.75) is 26.3 Å². The highest BCUT2D eigenvalue weighted by Gasteiger charge is 2.25. The van der Waals surface area contributed by atoms with Crippen LogP contribution in [0.5, 0.6) is 0 Å². The number of carbonyl (C=O) groups excluding carboxylic acids is 1. The molecule has 1 amide bonds. The lowest BCUT2D eigenvalue weighted by atomic mass is 9.95. The summed E-state index contributed by atoms with van der Waals surface area (Å²) in [5, 5.41) is 4.44. The van der Waals surface area contributed by atoms with E-state index in [1.54, 1.807) is 6.07 Å². The molecule has 0 radical (unpaired) electrons. The zero-order valence-electron chi connectivity index (χ0n) is 14.6. The number of hydrogen-bond acceptors (Lipinski definition) is 2. The molecule has 0 aromatic heterocycles. The van der Waals surface area contributed by atoms with Crippen LogP contribution in [0.25, 0.3) is 0 Å². The second kappa shape index (κ2) is 8.91. The zero-order valence-corrected chi connectivity index (χ0v) is 18.2. The summed E-state index contributed by atoms with van der Waals surface area (Å²) in [5.41, 5.74) is 3.08. The molecular weight excluding hydrogens is 482 g/mol. The third-order valence-corrected chi connectivity index (χ3v) is 6.07. The number of rotatable bonds is 4. The summed E-state index contributed by atoms with van der Waals surface area (Å²) in [7, 11) is 0. The summed E-state index contributed by atoms with van der Waals surface area (Å²) in [5.74, 6) is 0.184. The first-order valence-electron chi connectivity index (χ1n) is 8.65. The molecule has 0 bridgehead atoms. The molecule has 6 heteroatoms. The lowest BCUT2D eigenvalue weighted by molar-refractivity contribution is -0.121. The smallest absolute Gasteiger partial charge is 0.227 e. The molecule has 2 aromatic carbocycles. The first-order valence-corrected chi connectivity index (χ1v) is 10.5. The van der Waals surface area contributed by atoms with Crippen molar-refractivity contribution >= 4 is 57.4 Å². The van der Waals surface area contributed by atoms with Crippen molar-refractivity contribution in [3.63, 3.8) is 0 Å². The molecule has 1 aliphatic rings. The Morgan fingerprint density at radius 1 is 1.19 bits per heavy atom. The average molecular weight is 503 g/mol. The number of nitrogens with zero attached hydrogens (tertiary/aromatic N) is 1. The Balaban J connectivity index is 1.53. The van der Waals surface area contributed by atoms with Crippen LogP contribution in [0.2, 0.25) is 10.0 Å². The number of likely N-dealkylation sites (tertiary alicyclic amines) is 1. The van der Waals surface area contributed by atoms with Crippen LogP contribution < -0.4 is 5.32 Å².